The molecule has 12 heteroatoms. The summed E-state index contributed by atoms with van der Waals surface area (Å²) in [5.41, 5.74) is 0.703. The predicted molar refractivity (Wildman–Crippen MR) is 108 cm³/mol. The third kappa shape index (κ3) is 3.91. The first-order valence-electron chi connectivity index (χ1n) is 7.97. The molecule has 1 amide bonds. The van der Waals surface area contributed by atoms with Crippen molar-refractivity contribution in [1.29, 1.82) is 0 Å². The number of nitrogens with one attached hydrogen (secondary N) is 2. The normalized spacial score (nSPS) is 11.1. The molecule has 3 aromatic heterocycles. The first-order valence-corrected chi connectivity index (χ1v) is 10.1. The molecule has 4 aromatic rings. The van der Waals surface area contributed by atoms with Gasteiger partial charge >= 0.3 is 0 Å². The summed E-state index contributed by atoms with van der Waals surface area (Å²) in [5, 5.41) is 15.1. The van der Waals surface area contributed by atoms with E-state index < -0.39 is 0 Å². The number of benzene rings is 1. The maximum Gasteiger partial charge on any atom is 0.266 e. The number of amides is 1. The third-order valence-electron chi connectivity index (χ3n) is 3.54. The van der Waals surface area contributed by atoms with Crippen molar-refractivity contribution in [3.05, 3.63) is 50.7 Å². The fourth-order valence-corrected chi connectivity index (χ4v) is 3.96. The Morgan fingerprint density at radius 3 is 2.89 bits per heavy atom. The number of carbonyl (C=O) groups excluding carboxylic acids is 1. The minimum atomic E-state index is -0.318. The highest BCUT2D eigenvalue weighted by atomic mass is 35.5. The van der Waals surface area contributed by atoms with Gasteiger partial charge in [0.15, 0.2) is 16.6 Å². The highest BCUT2D eigenvalue weighted by Crippen LogP contribution is 2.27. The van der Waals surface area contributed by atoms with Crippen LogP contribution in [0.25, 0.3) is 17.0 Å². The molecule has 0 aliphatic rings. The first-order chi connectivity index (χ1) is 13.5. The maximum atomic E-state index is 12.2. The monoisotopic (exact) mass is 433 g/mol. The topological polar surface area (TPSA) is 118 Å². The van der Waals surface area contributed by atoms with Gasteiger partial charge in [-0.3, -0.25) is 20.0 Å². The number of hydrogen-bond donors (Lipinski definition) is 2. The number of aromatic amines is 1. The summed E-state index contributed by atoms with van der Waals surface area (Å²) in [6, 6.07) is 8.51. The van der Waals surface area contributed by atoms with Crippen LogP contribution in [0.15, 0.2) is 40.3 Å². The number of rotatable bonds is 5. The van der Waals surface area contributed by atoms with Gasteiger partial charge in [-0.2, -0.15) is 0 Å². The number of hydrogen-bond acceptors (Lipinski definition) is 8. The van der Waals surface area contributed by atoms with Crippen LogP contribution in [0.4, 0.5) is 5.13 Å². The van der Waals surface area contributed by atoms with Crippen molar-refractivity contribution in [3.63, 3.8) is 0 Å². The number of H-pyrrole nitrogens is 1. The predicted octanol–water partition coefficient (Wildman–Crippen LogP) is 2.63. The molecule has 0 bridgehead atoms. The van der Waals surface area contributed by atoms with E-state index >= 15 is 0 Å². The molecule has 0 atom stereocenters. The minimum Gasteiger partial charge on any atom is -0.300 e. The van der Waals surface area contributed by atoms with E-state index in [1.54, 1.807) is 25.1 Å². The van der Waals surface area contributed by atoms with Gasteiger partial charge in [-0.05, 0) is 19.1 Å². The second kappa shape index (κ2) is 7.70. The average Bonchev–Trinajstić information content (AvgIpc) is 3.24. The lowest BCUT2D eigenvalue weighted by Gasteiger charge is -2.08. The fourth-order valence-electron chi connectivity index (χ4n) is 2.38. The van der Waals surface area contributed by atoms with E-state index in [1.165, 1.54) is 21.9 Å². The molecule has 0 saturated carbocycles. The van der Waals surface area contributed by atoms with Gasteiger partial charge in [0.2, 0.25) is 11.0 Å². The lowest BCUT2D eigenvalue weighted by atomic mass is 10.2. The standard InChI is InChI=1S/C16H12ClN7O2S2/c1-8-21-22-15(28-8)19-13(26)7-27-16-20-14(9-4-2-3-5-10(9)17)18-11-6-12(25)23-24(11)16/h2-6H,7H2,1H3,(H,23,25)(H,19,22,26). The van der Waals surface area contributed by atoms with Gasteiger partial charge in [-0.15, -0.1) is 10.2 Å². The van der Waals surface area contributed by atoms with E-state index in [-0.39, 0.29) is 17.2 Å². The minimum absolute atomic E-state index is 0.0624. The van der Waals surface area contributed by atoms with Gasteiger partial charge in [0.1, 0.15) is 5.01 Å². The van der Waals surface area contributed by atoms with Gasteiger partial charge in [0, 0.05) is 11.6 Å². The van der Waals surface area contributed by atoms with Crippen molar-refractivity contribution in [1.82, 2.24) is 29.8 Å². The van der Waals surface area contributed by atoms with Crippen LogP contribution in [-0.4, -0.2) is 41.4 Å². The zero-order valence-electron chi connectivity index (χ0n) is 14.3. The molecule has 1 aromatic carbocycles. The molecule has 0 spiro atoms. The molecule has 0 aliphatic heterocycles. The quantitative estimate of drug-likeness (QED) is 0.464. The summed E-state index contributed by atoms with van der Waals surface area (Å²) < 4.78 is 1.44. The molecule has 0 aliphatic carbocycles. The summed E-state index contributed by atoms with van der Waals surface area (Å²) >= 11 is 8.69. The lowest BCUT2D eigenvalue weighted by molar-refractivity contribution is -0.113. The van der Waals surface area contributed by atoms with Crippen LogP contribution in [-0.2, 0) is 4.79 Å². The van der Waals surface area contributed by atoms with E-state index in [9.17, 15) is 9.59 Å². The smallest absolute Gasteiger partial charge is 0.266 e. The van der Waals surface area contributed by atoms with Gasteiger partial charge in [0.25, 0.3) is 5.56 Å². The van der Waals surface area contributed by atoms with Crippen LogP contribution in [0, 0.1) is 6.92 Å². The third-order valence-corrected chi connectivity index (χ3v) is 5.57. The SMILES string of the molecule is Cc1nnc(NC(=O)CSc2nc(-c3ccccc3Cl)nc3cc(=O)[nH]n23)s1. The first kappa shape index (κ1) is 18.6. The molecule has 2 N–H and O–H groups in total. The van der Waals surface area contributed by atoms with Crippen LogP contribution in [0.3, 0.4) is 0 Å². The molecule has 0 fully saturated rings. The molecule has 3 heterocycles. The van der Waals surface area contributed by atoms with Crippen molar-refractivity contribution in [3.8, 4) is 11.4 Å². The molecular weight excluding hydrogens is 422 g/mol. The average molecular weight is 434 g/mol. The Labute approximate surface area is 171 Å². The largest absolute Gasteiger partial charge is 0.300 e. The van der Waals surface area contributed by atoms with Crippen LogP contribution in [0.5, 0.6) is 0 Å². The highest BCUT2D eigenvalue weighted by molar-refractivity contribution is 7.99. The molecular formula is C16H12ClN7O2S2. The van der Waals surface area contributed by atoms with Gasteiger partial charge in [-0.25, -0.2) is 14.5 Å². The molecule has 142 valence electrons. The summed E-state index contributed by atoms with van der Waals surface area (Å²) in [4.78, 5) is 32.8. The number of nitrogens with zero attached hydrogens (tertiary/aromatic N) is 5. The lowest BCUT2D eigenvalue weighted by Crippen LogP contribution is -2.15. The van der Waals surface area contributed by atoms with Gasteiger partial charge < -0.3 is 0 Å². The number of aromatic nitrogens is 6. The van der Waals surface area contributed by atoms with E-state index in [4.69, 9.17) is 11.6 Å². The van der Waals surface area contributed by atoms with Crippen molar-refractivity contribution >= 4 is 51.4 Å². The molecule has 4 rings (SSSR count). The highest BCUT2D eigenvalue weighted by Gasteiger charge is 2.15. The number of anilines is 1. The van der Waals surface area contributed by atoms with E-state index in [2.05, 4.69) is 30.6 Å². The van der Waals surface area contributed by atoms with Gasteiger partial charge in [0.05, 0.1) is 10.8 Å². The van der Waals surface area contributed by atoms with Crippen LogP contribution in [0.2, 0.25) is 5.02 Å². The number of carbonyl (C=O) groups is 1. The summed E-state index contributed by atoms with van der Waals surface area (Å²) in [6.45, 7) is 1.80. The Morgan fingerprint density at radius 2 is 2.14 bits per heavy atom. The Bertz CT molecular complexity index is 1230. The number of aryl methyl sites for hydroxylation is 1. The zero-order chi connectivity index (χ0) is 19.7. The molecule has 28 heavy (non-hydrogen) atoms. The van der Waals surface area contributed by atoms with E-state index in [0.717, 1.165) is 16.8 Å². The zero-order valence-corrected chi connectivity index (χ0v) is 16.7. The van der Waals surface area contributed by atoms with E-state index in [1.807, 2.05) is 6.07 Å². The molecule has 9 nitrogen and oxygen atoms in total. The molecule has 0 saturated heterocycles. The van der Waals surface area contributed by atoms with Crippen molar-refractivity contribution < 1.29 is 4.79 Å². The number of thioether (sulfide) groups is 1. The number of halogens is 1. The van der Waals surface area contributed by atoms with Crippen molar-refractivity contribution in [2.75, 3.05) is 11.1 Å². The van der Waals surface area contributed by atoms with E-state index in [0.29, 0.717) is 32.3 Å². The Kier molecular flexibility index (Phi) is 5.11. The Morgan fingerprint density at radius 1 is 1.32 bits per heavy atom. The van der Waals surface area contributed by atoms with Crippen molar-refractivity contribution in [2.45, 2.75) is 12.1 Å². The second-order valence-electron chi connectivity index (χ2n) is 5.59. The Hall–Kier alpha value is -2.76. The van der Waals surface area contributed by atoms with Gasteiger partial charge in [-0.1, -0.05) is 46.8 Å². The fraction of sp³-hybridized carbons (Fsp3) is 0.125. The Balaban J connectivity index is 1.63. The molecule has 0 radical (unpaired) electrons. The molecule has 0 unspecified atom stereocenters. The van der Waals surface area contributed by atoms with Crippen LogP contribution in [0.1, 0.15) is 5.01 Å². The maximum absolute atomic E-state index is 12.2. The summed E-state index contributed by atoms with van der Waals surface area (Å²) in [5.74, 6) is 0.168. The summed E-state index contributed by atoms with van der Waals surface area (Å²) in [6.07, 6.45) is 0. The summed E-state index contributed by atoms with van der Waals surface area (Å²) in [7, 11) is 0. The van der Waals surface area contributed by atoms with Crippen LogP contribution >= 0.6 is 34.7 Å². The van der Waals surface area contributed by atoms with Crippen molar-refractivity contribution in [2.24, 2.45) is 0 Å². The number of fused-ring (bicyclic) bond motifs is 1. The second-order valence-corrected chi connectivity index (χ2v) is 8.12. The van der Waals surface area contributed by atoms with Crippen LogP contribution < -0.4 is 10.9 Å².